The van der Waals surface area contributed by atoms with Crippen LogP contribution >= 0.6 is 27.5 Å². The maximum atomic E-state index is 13.0. The van der Waals surface area contributed by atoms with E-state index >= 15 is 0 Å². The standard InChI is InChI=1S/C17H13BrClN5O4/c1-21-12-13(20-15(21)18)22(2)16(26)23(14(12)25)7-9-6-8-4-3-5-10(19)11(8)24(9)17(27)28/h3-6H,7H2,1-2H3,(H,27,28). The molecule has 0 aliphatic carbocycles. The van der Waals surface area contributed by atoms with Crippen molar-refractivity contribution >= 4 is 55.7 Å². The molecule has 4 aromatic rings. The fraction of sp³-hybridized carbons (Fsp3) is 0.176. The fourth-order valence-corrected chi connectivity index (χ4v) is 3.94. The Labute approximate surface area is 170 Å². The number of para-hydroxylation sites is 1. The number of hydrogen-bond acceptors (Lipinski definition) is 4. The van der Waals surface area contributed by atoms with Crippen LogP contribution in [-0.4, -0.2) is 34.5 Å². The zero-order valence-corrected chi connectivity index (χ0v) is 17.0. The number of carbonyl (C=O) groups is 1. The first kappa shape index (κ1) is 18.5. The van der Waals surface area contributed by atoms with Gasteiger partial charge in [-0.1, -0.05) is 23.7 Å². The van der Waals surface area contributed by atoms with Gasteiger partial charge in [0.15, 0.2) is 15.9 Å². The first-order chi connectivity index (χ1) is 13.2. The summed E-state index contributed by atoms with van der Waals surface area (Å²) in [7, 11) is 3.15. The van der Waals surface area contributed by atoms with Crippen molar-refractivity contribution in [3.8, 4) is 0 Å². The molecule has 0 saturated carbocycles. The van der Waals surface area contributed by atoms with Crippen LogP contribution in [0.15, 0.2) is 38.6 Å². The Balaban J connectivity index is 2.02. The van der Waals surface area contributed by atoms with E-state index in [2.05, 4.69) is 20.9 Å². The summed E-state index contributed by atoms with van der Waals surface area (Å²) in [6.45, 7) is -0.235. The average Bonchev–Trinajstić information content (AvgIpc) is 3.16. The van der Waals surface area contributed by atoms with E-state index in [9.17, 15) is 19.5 Å². The van der Waals surface area contributed by atoms with E-state index in [1.54, 1.807) is 31.3 Å². The van der Waals surface area contributed by atoms with Crippen molar-refractivity contribution in [1.29, 1.82) is 0 Å². The first-order valence-corrected chi connectivity index (χ1v) is 9.23. The van der Waals surface area contributed by atoms with Crippen LogP contribution in [0.25, 0.3) is 22.1 Å². The third-order valence-electron chi connectivity index (χ3n) is 4.67. The molecular weight excluding hydrogens is 454 g/mol. The van der Waals surface area contributed by atoms with Crippen molar-refractivity contribution < 1.29 is 9.90 Å². The van der Waals surface area contributed by atoms with Gasteiger partial charge in [-0.3, -0.25) is 13.9 Å². The van der Waals surface area contributed by atoms with Gasteiger partial charge in [0, 0.05) is 19.5 Å². The molecule has 0 atom stereocenters. The molecule has 3 heterocycles. The van der Waals surface area contributed by atoms with E-state index in [4.69, 9.17) is 11.6 Å². The summed E-state index contributed by atoms with van der Waals surface area (Å²) >= 11 is 9.42. The lowest BCUT2D eigenvalue weighted by atomic mass is 10.2. The summed E-state index contributed by atoms with van der Waals surface area (Å²) in [6.07, 6.45) is -1.26. The van der Waals surface area contributed by atoms with E-state index < -0.39 is 17.3 Å². The minimum Gasteiger partial charge on any atom is -0.464 e. The fourth-order valence-electron chi connectivity index (χ4n) is 3.33. The molecular formula is C17H13BrClN5O4. The summed E-state index contributed by atoms with van der Waals surface area (Å²) in [5.74, 6) is 0. The monoisotopic (exact) mass is 465 g/mol. The lowest BCUT2D eigenvalue weighted by Crippen LogP contribution is -2.40. The second kappa shape index (κ2) is 6.35. The van der Waals surface area contributed by atoms with Crippen molar-refractivity contribution in [3.63, 3.8) is 0 Å². The van der Waals surface area contributed by atoms with E-state index in [1.807, 2.05) is 0 Å². The molecule has 0 amide bonds. The molecule has 3 aromatic heterocycles. The van der Waals surface area contributed by atoms with Crippen LogP contribution in [0.3, 0.4) is 0 Å². The van der Waals surface area contributed by atoms with Crippen molar-refractivity contribution in [2.45, 2.75) is 6.54 Å². The van der Waals surface area contributed by atoms with Gasteiger partial charge in [0.05, 0.1) is 22.8 Å². The van der Waals surface area contributed by atoms with Gasteiger partial charge in [-0.15, -0.1) is 0 Å². The van der Waals surface area contributed by atoms with Crippen LogP contribution in [0.5, 0.6) is 0 Å². The SMILES string of the molecule is Cn1c(Br)nc2c1c(=O)n(Cc1cc3cccc(Cl)c3n1C(=O)O)c(=O)n2C. The largest absolute Gasteiger partial charge is 0.464 e. The molecule has 144 valence electrons. The predicted octanol–water partition coefficient (Wildman–Crippen LogP) is 2.38. The number of benzene rings is 1. The van der Waals surface area contributed by atoms with Gasteiger partial charge in [-0.25, -0.2) is 19.1 Å². The van der Waals surface area contributed by atoms with Gasteiger partial charge in [0.25, 0.3) is 5.56 Å². The molecule has 0 bridgehead atoms. The van der Waals surface area contributed by atoms with Gasteiger partial charge in [0.1, 0.15) is 0 Å². The summed E-state index contributed by atoms with van der Waals surface area (Å²) in [6, 6.07) is 6.60. The van der Waals surface area contributed by atoms with Crippen molar-refractivity contribution in [2.75, 3.05) is 0 Å². The molecule has 28 heavy (non-hydrogen) atoms. The Morgan fingerprint density at radius 1 is 1.21 bits per heavy atom. The van der Waals surface area contributed by atoms with Crippen molar-refractivity contribution in [1.82, 2.24) is 23.3 Å². The molecule has 0 unspecified atom stereocenters. The minimum atomic E-state index is -1.26. The highest BCUT2D eigenvalue weighted by Gasteiger charge is 2.21. The second-order valence-electron chi connectivity index (χ2n) is 6.28. The third kappa shape index (κ3) is 2.52. The molecule has 0 aliphatic rings. The highest BCUT2D eigenvalue weighted by Crippen LogP contribution is 2.27. The second-order valence-corrected chi connectivity index (χ2v) is 7.39. The average molecular weight is 467 g/mol. The van der Waals surface area contributed by atoms with Gasteiger partial charge >= 0.3 is 11.8 Å². The molecule has 0 saturated heterocycles. The van der Waals surface area contributed by atoms with Crippen LogP contribution in [0, 0.1) is 0 Å². The Hall–Kier alpha value is -2.85. The number of fused-ring (bicyclic) bond motifs is 2. The summed E-state index contributed by atoms with van der Waals surface area (Å²) in [5, 5.41) is 10.5. The van der Waals surface area contributed by atoms with E-state index in [1.165, 1.54) is 16.2 Å². The number of aromatic nitrogens is 5. The Kier molecular flexibility index (Phi) is 4.20. The highest BCUT2D eigenvalue weighted by atomic mass is 79.9. The van der Waals surface area contributed by atoms with Crippen molar-refractivity contribution in [3.05, 3.63) is 60.6 Å². The molecule has 0 fully saturated rings. The number of nitrogens with zero attached hydrogens (tertiary/aromatic N) is 5. The normalized spacial score (nSPS) is 11.6. The molecule has 11 heteroatoms. The van der Waals surface area contributed by atoms with Crippen LogP contribution in [0.1, 0.15) is 5.69 Å². The molecule has 0 spiro atoms. The molecule has 4 rings (SSSR count). The summed E-state index contributed by atoms with van der Waals surface area (Å²) < 4.78 is 5.16. The zero-order chi connectivity index (χ0) is 20.3. The molecule has 1 aromatic carbocycles. The van der Waals surface area contributed by atoms with E-state index in [-0.39, 0.29) is 28.4 Å². The van der Waals surface area contributed by atoms with E-state index in [0.717, 1.165) is 9.13 Å². The number of hydrogen-bond donors (Lipinski definition) is 1. The quantitative estimate of drug-likeness (QED) is 0.457. The van der Waals surface area contributed by atoms with Crippen molar-refractivity contribution in [2.24, 2.45) is 14.1 Å². The van der Waals surface area contributed by atoms with Crippen LogP contribution in [0.2, 0.25) is 5.02 Å². The Bertz CT molecular complexity index is 1410. The zero-order valence-electron chi connectivity index (χ0n) is 14.7. The Morgan fingerprint density at radius 2 is 1.93 bits per heavy atom. The number of halogens is 2. The maximum absolute atomic E-state index is 13.0. The first-order valence-electron chi connectivity index (χ1n) is 8.06. The predicted molar refractivity (Wildman–Crippen MR) is 107 cm³/mol. The molecule has 0 aliphatic heterocycles. The minimum absolute atomic E-state index is 0.227. The van der Waals surface area contributed by atoms with Crippen LogP contribution < -0.4 is 11.2 Å². The third-order valence-corrected chi connectivity index (χ3v) is 5.68. The topological polar surface area (TPSA) is 104 Å². The Morgan fingerprint density at radius 3 is 2.61 bits per heavy atom. The maximum Gasteiger partial charge on any atom is 0.416 e. The number of carboxylic acid groups (broad SMARTS) is 1. The van der Waals surface area contributed by atoms with Gasteiger partial charge in [0.2, 0.25) is 0 Å². The lowest BCUT2D eigenvalue weighted by molar-refractivity contribution is 0.196. The molecule has 1 N–H and O–H groups in total. The summed E-state index contributed by atoms with van der Waals surface area (Å²) in [4.78, 5) is 41.8. The number of imidazole rings is 1. The van der Waals surface area contributed by atoms with Crippen LogP contribution in [0.4, 0.5) is 4.79 Å². The van der Waals surface area contributed by atoms with Gasteiger partial charge < -0.3 is 9.67 Å². The lowest BCUT2D eigenvalue weighted by Gasteiger charge is -2.10. The number of rotatable bonds is 2. The number of aryl methyl sites for hydroxylation is 2. The highest BCUT2D eigenvalue weighted by molar-refractivity contribution is 9.10. The van der Waals surface area contributed by atoms with Gasteiger partial charge in [-0.05, 0) is 28.1 Å². The molecule has 0 radical (unpaired) electrons. The van der Waals surface area contributed by atoms with Gasteiger partial charge in [-0.2, -0.15) is 0 Å². The smallest absolute Gasteiger partial charge is 0.416 e. The molecule has 9 nitrogen and oxygen atoms in total. The van der Waals surface area contributed by atoms with Crippen LogP contribution in [-0.2, 0) is 20.6 Å². The summed E-state index contributed by atoms with van der Waals surface area (Å²) in [5.41, 5.74) is -0.146. The van der Waals surface area contributed by atoms with E-state index in [0.29, 0.717) is 15.6 Å².